The molecule has 2 rings (SSSR count). The third-order valence-electron chi connectivity index (χ3n) is 3.49. The Morgan fingerprint density at radius 1 is 1.05 bits per heavy atom. The first-order valence-electron chi connectivity index (χ1n) is 6.64. The second kappa shape index (κ2) is 5.97. The van der Waals surface area contributed by atoms with Gasteiger partial charge in [-0.25, -0.2) is 0 Å². The van der Waals surface area contributed by atoms with Gasteiger partial charge in [0, 0.05) is 39.6 Å². The van der Waals surface area contributed by atoms with Crippen LogP contribution in [0.1, 0.15) is 18.1 Å². The Bertz CT molecular complexity index is 460. The van der Waals surface area contributed by atoms with Crippen molar-refractivity contribution in [2.45, 2.75) is 20.4 Å². The third-order valence-corrected chi connectivity index (χ3v) is 3.49. The summed E-state index contributed by atoms with van der Waals surface area (Å²) < 4.78 is 0. The van der Waals surface area contributed by atoms with Crippen molar-refractivity contribution in [3.8, 4) is 0 Å². The van der Waals surface area contributed by atoms with Gasteiger partial charge in [-0.3, -0.25) is 14.5 Å². The number of nitrogens with zero attached hydrogens (tertiary/aromatic N) is 2. The molecule has 0 N–H and O–H groups in total. The molecule has 0 aliphatic carbocycles. The van der Waals surface area contributed by atoms with Gasteiger partial charge in [-0.1, -0.05) is 29.8 Å². The van der Waals surface area contributed by atoms with E-state index in [4.69, 9.17) is 0 Å². The van der Waals surface area contributed by atoms with Crippen LogP contribution in [0.3, 0.4) is 0 Å². The minimum atomic E-state index is -0.369. The fourth-order valence-corrected chi connectivity index (χ4v) is 2.28. The molecule has 1 saturated heterocycles. The SMILES string of the molecule is CC(=O)C(=O)N1CCN(Cc2ccc(C)cc2)CC1. The van der Waals surface area contributed by atoms with E-state index in [0.717, 1.165) is 19.6 Å². The smallest absolute Gasteiger partial charge is 0.289 e. The van der Waals surface area contributed by atoms with Crippen molar-refractivity contribution in [2.24, 2.45) is 0 Å². The molecule has 1 amide bonds. The Morgan fingerprint density at radius 3 is 2.16 bits per heavy atom. The number of hydrogen-bond acceptors (Lipinski definition) is 3. The van der Waals surface area contributed by atoms with Gasteiger partial charge >= 0.3 is 0 Å². The molecule has 1 aliphatic heterocycles. The van der Waals surface area contributed by atoms with Crippen LogP contribution < -0.4 is 0 Å². The van der Waals surface area contributed by atoms with Crippen LogP contribution in [-0.2, 0) is 16.1 Å². The lowest BCUT2D eigenvalue weighted by Gasteiger charge is -2.34. The highest BCUT2D eigenvalue weighted by atomic mass is 16.2. The molecular formula is C15H20N2O2. The summed E-state index contributed by atoms with van der Waals surface area (Å²) in [6.45, 7) is 7.26. The number of amides is 1. The number of carbonyl (C=O) groups is 2. The van der Waals surface area contributed by atoms with Crippen molar-refractivity contribution in [3.05, 3.63) is 35.4 Å². The van der Waals surface area contributed by atoms with Crippen LogP contribution in [0, 0.1) is 6.92 Å². The van der Waals surface area contributed by atoms with Gasteiger partial charge in [0.25, 0.3) is 5.91 Å². The number of ketones is 1. The Balaban J connectivity index is 1.85. The summed E-state index contributed by atoms with van der Waals surface area (Å²) in [6.07, 6.45) is 0. The molecule has 4 nitrogen and oxygen atoms in total. The molecule has 0 spiro atoms. The van der Waals surface area contributed by atoms with Crippen LogP contribution in [-0.4, -0.2) is 47.7 Å². The van der Waals surface area contributed by atoms with E-state index in [9.17, 15) is 9.59 Å². The molecule has 0 unspecified atom stereocenters. The molecule has 0 bridgehead atoms. The zero-order valence-corrected chi connectivity index (χ0v) is 11.6. The average molecular weight is 260 g/mol. The number of rotatable bonds is 3. The highest BCUT2D eigenvalue weighted by Gasteiger charge is 2.23. The number of benzene rings is 1. The third kappa shape index (κ3) is 3.64. The maximum absolute atomic E-state index is 11.6. The van der Waals surface area contributed by atoms with Crippen LogP contribution >= 0.6 is 0 Å². The van der Waals surface area contributed by atoms with Gasteiger partial charge in [-0.15, -0.1) is 0 Å². The zero-order valence-electron chi connectivity index (χ0n) is 11.6. The van der Waals surface area contributed by atoms with Gasteiger partial charge in [0.05, 0.1) is 0 Å². The van der Waals surface area contributed by atoms with Gasteiger partial charge in [-0.2, -0.15) is 0 Å². The van der Waals surface area contributed by atoms with Crippen LogP contribution in [0.4, 0.5) is 0 Å². The number of carbonyl (C=O) groups excluding carboxylic acids is 2. The normalized spacial score (nSPS) is 16.4. The first-order chi connectivity index (χ1) is 9.06. The van der Waals surface area contributed by atoms with E-state index in [1.165, 1.54) is 18.1 Å². The standard InChI is InChI=1S/C15H20N2O2/c1-12-3-5-14(6-4-12)11-16-7-9-17(10-8-16)15(19)13(2)18/h3-6H,7-11H2,1-2H3. The highest BCUT2D eigenvalue weighted by molar-refractivity contribution is 6.35. The average Bonchev–Trinajstić information content (AvgIpc) is 2.41. The Morgan fingerprint density at radius 2 is 1.63 bits per heavy atom. The summed E-state index contributed by atoms with van der Waals surface area (Å²) >= 11 is 0. The molecule has 1 heterocycles. The maximum atomic E-state index is 11.6. The van der Waals surface area contributed by atoms with Crippen LogP contribution in [0.2, 0.25) is 0 Å². The van der Waals surface area contributed by atoms with Crippen molar-refractivity contribution in [1.29, 1.82) is 0 Å². The van der Waals surface area contributed by atoms with E-state index in [1.807, 2.05) is 0 Å². The minimum Gasteiger partial charge on any atom is -0.334 e. The fourth-order valence-electron chi connectivity index (χ4n) is 2.28. The predicted octanol–water partition coefficient (Wildman–Crippen LogP) is 1.23. The summed E-state index contributed by atoms with van der Waals surface area (Å²) in [5.41, 5.74) is 2.55. The van der Waals surface area contributed by atoms with Crippen LogP contribution in [0.5, 0.6) is 0 Å². The van der Waals surface area contributed by atoms with Gasteiger partial charge in [-0.05, 0) is 12.5 Å². The molecular weight excluding hydrogens is 240 g/mol. The van der Waals surface area contributed by atoms with Crippen molar-refractivity contribution in [1.82, 2.24) is 9.80 Å². The topological polar surface area (TPSA) is 40.6 Å². The van der Waals surface area contributed by atoms with Crippen molar-refractivity contribution in [3.63, 3.8) is 0 Å². The summed E-state index contributed by atoms with van der Waals surface area (Å²) in [5, 5.41) is 0. The van der Waals surface area contributed by atoms with E-state index in [2.05, 4.69) is 36.1 Å². The molecule has 4 heteroatoms. The van der Waals surface area contributed by atoms with Gasteiger partial charge < -0.3 is 4.90 Å². The van der Waals surface area contributed by atoms with Crippen molar-refractivity contribution in [2.75, 3.05) is 26.2 Å². The van der Waals surface area contributed by atoms with Gasteiger partial charge in [0.15, 0.2) is 0 Å². The lowest BCUT2D eigenvalue weighted by Crippen LogP contribution is -2.49. The molecule has 0 atom stereocenters. The number of aryl methyl sites for hydroxylation is 1. The second-order valence-corrected chi connectivity index (χ2v) is 5.11. The van der Waals surface area contributed by atoms with E-state index < -0.39 is 0 Å². The van der Waals surface area contributed by atoms with Gasteiger partial charge in [0.2, 0.25) is 5.78 Å². The van der Waals surface area contributed by atoms with E-state index in [0.29, 0.717) is 13.1 Å². The fraction of sp³-hybridized carbons (Fsp3) is 0.467. The zero-order chi connectivity index (χ0) is 13.8. The Kier molecular flexibility index (Phi) is 4.32. The number of hydrogen-bond donors (Lipinski definition) is 0. The molecule has 102 valence electrons. The molecule has 0 radical (unpaired) electrons. The van der Waals surface area contributed by atoms with Crippen LogP contribution in [0.25, 0.3) is 0 Å². The maximum Gasteiger partial charge on any atom is 0.289 e. The van der Waals surface area contributed by atoms with Crippen LogP contribution in [0.15, 0.2) is 24.3 Å². The lowest BCUT2D eigenvalue weighted by molar-refractivity contribution is -0.144. The molecule has 0 aromatic heterocycles. The summed E-state index contributed by atoms with van der Waals surface area (Å²) in [4.78, 5) is 26.6. The molecule has 1 aromatic rings. The molecule has 19 heavy (non-hydrogen) atoms. The van der Waals surface area contributed by atoms with E-state index in [1.54, 1.807) is 4.90 Å². The molecule has 1 fully saturated rings. The van der Waals surface area contributed by atoms with Crippen molar-refractivity contribution < 1.29 is 9.59 Å². The summed E-state index contributed by atoms with van der Waals surface area (Å²) in [6, 6.07) is 8.51. The summed E-state index contributed by atoms with van der Waals surface area (Å²) in [7, 11) is 0. The van der Waals surface area contributed by atoms with Gasteiger partial charge in [0.1, 0.15) is 0 Å². The Labute approximate surface area is 114 Å². The first-order valence-corrected chi connectivity index (χ1v) is 6.64. The molecule has 1 aliphatic rings. The Hall–Kier alpha value is -1.68. The minimum absolute atomic E-state index is 0.352. The monoisotopic (exact) mass is 260 g/mol. The summed E-state index contributed by atoms with van der Waals surface area (Å²) in [5.74, 6) is -0.720. The first kappa shape index (κ1) is 13.7. The van der Waals surface area contributed by atoms with E-state index >= 15 is 0 Å². The quantitative estimate of drug-likeness (QED) is 0.767. The van der Waals surface area contributed by atoms with Crippen molar-refractivity contribution >= 4 is 11.7 Å². The lowest BCUT2D eigenvalue weighted by atomic mass is 10.1. The highest BCUT2D eigenvalue weighted by Crippen LogP contribution is 2.10. The second-order valence-electron chi connectivity index (χ2n) is 5.11. The largest absolute Gasteiger partial charge is 0.334 e. The number of piperazine rings is 1. The molecule has 1 aromatic carbocycles. The number of Topliss-reactive ketones (excluding diaryl/α,β-unsaturated/α-hetero) is 1. The predicted molar refractivity (Wildman–Crippen MR) is 73.7 cm³/mol. The van der Waals surface area contributed by atoms with E-state index in [-0.39, 0.29) is 11.7 Å². The molecule has 0 saturated carbocycles.